The summed E-state index contributed by atoms with van der Waals surface area (Å²) in [5, 5.41) is 0. The van der Waals surface area contributed by atoms with Crippen molar-refractivity contribution in [2.75, 3.05) is 19.6 Å². The van der Waals surface area contributed by atoms with Crippen LogP contribution >= 0.6 is 0 Å². The first-order valence-corrected chi connectivity index (χ1v) is 5.69. The molecule has 0 aromatic carbocycles. The molecule has 86 valence electrons. The van der Waals surface area contributed by atoms with Gasteiger partial charge in [-0.1, -0.05) is 13.8 Å². The summed E-state index contributed by atoms with van der Waals surface area (Å²) in [4.78, 5) is 17.7. The number of amidine groups is 1. The molecule has 2 N–H and O–H groups in total. The number of hydrogen-bond donors (Lipinski definition) is 1. The maximum atomic E-state index is 11.6. The molecular formula is C11H21N3O. The first-order valence-electron chi connectivity index (χ1n) is 5.69. The zero-order valence-electron chi connectivity index (χ0n) is 9.70. The van der Waals surface area contributed by atoms with Gasteiger partial charge in [-0.3, -0.25) is 9.79 Å². The van der Waals surface area contributed by atoms with Crippen LogP contribution in [0, 0.1) is 5.92 Å². The van der Waals surface area contributed by atoms with Crippen LogP contribution in [0.5, 0.6) is 0 Å². The highest BCUT2D eigenvalue weighted by Gasteiger charge is 2.16. The summed E-state index contributed by atoms with van der Waals surface area (Å²) in [6, 6.07) is 0. The van der Waals surface area contributed by atoms with Gasteiger partial charge in [0.05, 0.1) is 5.84 Å². The average Bonchev–Trinajstić information content (AvgIpc) is 2.70. The van der Waals surface area contributed by atoms with E-state index in [0.29, 0.717) is 18.8 Å². The Kier molecular flexibility index (Phi) is 4.59. The summed E-state index contributed by atoms with van der Waals surface area (Å²) in [5.74, 6) is 1.13. The summed E-state index contributed by atoms with van der Waals surface area (Å²) in [5.41, 5.74) is 5.68. The van der Waals surface area contributed by atoms with Crippen LogP contribution in [0.2, 0.25) is 0 Å². The highest BCUT2D eigenvalue weighted by molar-refractivity contribution is 5.82. The zero-order chi connectivity index (χ0) is 11.3. The van der Waals surface area contributed by atoms with Crippen LogP contribution in [-0.2, 0) is 4.79 Å². The van der Waals surface area contributed by atoms with Gasteiger partial charge in [0, 0.05) is 32.0 Å². The molecule has 0 spiro atoms. The number of carbonyl (C=O) groups excluding carboxylic acids is 1. The Bertz CT molecular complexity index is 242. The largest absolute Gasteiger partial charge is 0.387 e. The molecule has 1 heterocycles. The van der Waals surface area contributed by atoms with Crippen molar-refractivity contribution in [2.45, 2.75) is 33.1 Å². The minimum absolute atomic E-state index is 0.216. The maximum Gasteiger partial charge on any atom is 0.224 e. The van der Waals surface area contributed by atoms with Crippen LogP contribution in [0.25, 0.3) is 0 Å². The lowest BCUT2D eigenvalue weighted by molar-refractivity contribution is -0.129. The van der Waals surface area contributed by atoms with Crippen LogP contribution in [-0.4, -0.2) is 36.3 Å². The van der Waals surface area contributed by atoms with E-state index in [4.69, 9.17) is 5.73 Å². The Balaban J connectivity index is 2.24. The van der Waals surface area contributed by atoms with Gasteiger partial charge in [-0.2, -0.15) is 0 Å². The number of hydrogen-bond acceptors (Lipinski definition) is 2. The fourth-order valence-electron chi connectivity index (χ4n) is 1.59. The van der Waals surface area contributed by atoms with E-state index in [0.717, 1.165) is 25.9 Å². The van der Waals surface area contributed by atoms with Crippen molar-refractivity contribution in [3.63, 3.8) is 0 Å². The molecular weight excluding hydrogens is 190 g/mol. The molecule has 1 rings (SSSR count). The number of amides is 1. The maximum absolute atomic E-state index is 11.6. The third-order valence-corrected chi connectivity index (χ3v) is 2.67. The molecule has 0 bridgehead atoms. The van der Waals surface area contributed by atoms with Gasteiger partial charge in [-0.25, -0.2) is 0 Å². The van der Waals surface area contributed by atoms with Gasteiger partial charge in [0.2, 0.25) is 5.91 Å². The summed E-state index contributed by atoms with van der Waals surface area (Å²) in [7, 11) is 0. The second-order valence-corrected chi connectivity index (χ2v) is 4.30. The van der Waals surface area contributed by atoms with Gasteiger partial charge in [-0.05, 0) is 12.8 Å². The SMILES string of the molecule is CC(C)C(N)=NCCC(=O)N1CCCC1. The van der Waals surface area contributed by atoms with Crippen molar-refractivity contribution in [3.8, 4) is 0 Å². The van der Waals surface area contributed by atoms with Gasteiger partial charge in [0.25, 0.3) is 0 Å². The highest BCUT2D eigenvalue weighted by atomic mass is 16.2. The normalized spacial score (nSPS) is 17.5. The number of carbonyl (C=O) groups is 1. The lowest BCUT2D eigenvalue weighted by atomic mass is 10.2. The van der Waals surface area contributed by atoms with E-state index in [-0.39, 0.29) is 11.8 Å². The Morgan fingerprint density at radius 2 is 2.00 bits per heavy atom. The standard InChI is InChI=1S/C11H21N3O/c1-9(2)11(12)13-6-5-10(15)14-7-3-4-8-14/h9H,3-8H2,1-2H3,(H2,12,13). The lowest BCUT2D eigenvalue weighted by Crippen LogP contribution is -2.28. The molecule has 1 aliphatic rings. The molecule has 15 heavy (non-hydrogen) atoms. The Labute approximate surface area is 91.5 Å². The Morgan fingerprint density at radius 1 is 1.40 bits per heavy atom. The highest BCUT2D eigenvalue weighted by Crippen LogP contribution is 2.08. The van der Waals surface area contributed by atoms with Gasteiger partial charge in [-0.15, -0.1) is 0 Å². The van der Waals surface area contributed by atoms with E-state index in [1.165, 1.54) is 0 Å². The summed E-state index contributed by atoms with van der Waals surface area (Å²) in [6.07, 6.45) is 2.78. The number of nitrogens with zero attached hydrogens (tertiary/aromatic N) is 2. The molecule has 0 unspecified atom stereocenters. The van der Waals surface area contributed by atoms with Gasteiger partial charge < -0.3 is 10.6 Å². The first kappa shape index (κ1) is 12.0. The lowest BCUT2D eigenvalue weighted by Gasteiger charge is -2.14. The molecule has 1 saturated heterocycles. The molecule has 1 fully saturated rings. The topological polar surface area (TPSA) is 58.7 Å². The molecule has 0 aromatic rings. The van der Waals surface area contributed by atoms with Crippen LogP contribution in [0.4, 0.5) is 0 Å². The number of likely N-dealkylation sites (tertiary alicyclic amines) is 1. The third-order valence-electron chi connectivity index (χ3n) is 2.67. The second kappa shape index (κ2) is 5.73. The number of rotatable bonds is 4. The summed E-state index contributed by atoms with van der Waals surface area (Å²) in [6.45, 7) is 6.37. The molecule has 4 heteroatoms. The summed E-state index contributed by atoms with van der Waals surface area (Å²) >= 11 is 0. The van der Waals surface area contributed by atoms with Gasteiger partial charge >= 0.3 is 0 Å². The average molecular weight is 211 g/mol. The van der Waals surface area contributed by atoms with Crippen LogP contribution in [0.1, 0.15) is 33.1 Å². The van der Waals surface area contributed by atoms with Crippen molar-refractivity contribution in [1.82, 2.24) is 4.90 Å². The van der Waals surface area contributed by atoms with Crippen LogP contribution in [0.15, 0.2) is 4.99 Å². The van der Waals surface area contributed by atoms with E-state index in [1.807, 2.05) is 18.7 Å². The van der Waals surface area contributed by atoms with E-state index in [2.05, 4.69) is 4.99 Å². The smallest absolute Gasteiger partial charge is 0.224 e. The van der Waals surface area contributed by atoms with Crippen molar-refractivity contribution >= 4 is 11.7 Å². The third kappa shape index (κ3) is 3.90. The fourth-order valence-corrected chi connectivity index (χ4v) is 1.59. The quantitative estimate of drug-likeness (QED) is 0.557. The van der Waals surface area contributed by atoms with Crippen LogP contribution < -0.4 is 5.73 Å². The van der Waals surface area contributed by atoms with E-state index >= 15 is 0 Å². The zero-order valence-corrected chi connectivity index (χ0v) is 9.70. The predicted molar refractivity (Wildman–Crippen MR) is 61.8 cm³/mol. The van der Waals surface area contributed by atoms with E-state index in [1.54, 1.807) is 0 Å². The first-order chi connectivity index (χ1) is 7.11. The number of nitrogens with two attached hydrogens (primary N) is 1. The van der Waals surface area contributed by atoms with Gasteiger partial charge in [0.15, 0.2) is 0 Å². The molecule has 0 aliphatic carbocycles. The molecule has 0 atom stereocenters. The molecule has 4 nitrogen and oxygen atoms in total. The molecule has 1 aliphatic heterocycles. The molecule has 1 amide bonds. The summed E-state index contributed by atoms with van der Waals surface area (Å²) < 4.78 is 0. The number of aliphatic imine (C=N–C) groups is 1. The van der Waals surface area contributed by atoms with Crippen molar-refractivity contribution < 1.29 is 4.79 Å². The minimum atomic E-state index is 0.216. The molecule has 0 saturated carbocycles. The Morgan fingerprint density at radius 3 is 2.53 bits per heavy atom. The molecule has 0 radical (unpaired) electrons. The fraction of sp³-hybridized carbons (Fsp3) is 0.818. The van der Waals surface area contributed by atoms with E-state index < -0.39 is 0 Å². The van der Waals surface area contributed by atoms with Crippen molar-refractivity contribution in [1.29, 1.82) is 0 Å². The monoisotopic (exact) mass is 211 g/mol. The van der Waals surface area contributed by atoms with Gasteiger partial charge in [0.1, 0.15) is 0 Å². The van der Waals surface area contributed by atoms with Crippen LogP contribution in [0.3, 0.4) is 0 Å². The van der Waals surface area contributed by atoms with Crippen molar-refractivity contribution in [3.05, 3.63) is 0 Å². The minimum Gasteiger partial charge on any atom is -0.387 e. The van der Waals surface area contributed by atoms with E-state index in [9.17, 15) is 4.79 Å². The van der Waals surface area contributed by atoms with Crippen molar-refractivity contribution in [2.24, 2.45) is 16.6 Å². The Hall–Kier alpha value is -1.06. The molecule has 0 aromatic heterocycles. The predicted octanol–water partition coefficient (Wildman–Crippen LogP) is 1.01. The second-order valence-electron chi connectivity index (χ2n) is 4.30.